The summed E-state index contributed by atoms with van der Waals surface area (Å²) in [5.41, 5.74) is 1.51. The minimum Gasteiger partial charge on any atom is -0.374 e. The van der Waals surface area contributed by atoms with Crippen molar-refractivity contribution in [3.8, 4) is 0 Å². The van der Waals surface area contributed by atoms with Crippen LogP contribution in [0.1, 0.15) is 100 Å². The lowest BCUT2D eigenvalue weighted by atomic mass is 9.82. The number of nitrogens with one attached hydrogen (secondary N) is 1. The average molecular weight is 657 g/mol. The minimum atomic E-state index is -0.432. The van der Waals surface area contributed by atoms with Crippen LogP contribution < -0.4 is 5.32 Å². The Hall–Kier alpha value is -2.66. The first-order valence-electron chi connectivity index (χ1n) is 16.9. The highest BCUT2D eigenvalue weighted by atomic mass is 32.1. The van der Waals surface area contributed by atoms with Gasteiger partial charge in [-0.2, -0.15) is 0 Å². The van der Waals surface area contributed by atoms with E-state index in [0.29, 0.717) is 17.1 Å². The van der Waals surface area contributed by atoms with Crippen LogP contribution in [0.15, 0.2) is 35.7 Å². The molecule has 46 heavy (non-hydrogen) atoms. The zero-order valence-electron chi connectivity index (χ0n) is 29.2. The predicted octanol–water partition coefficient (Wildman–Crippen LogP) is 6.14. The Morgan fingerprint density at radius 3 is 2.43 bits per heavy atom. The van der Waals surface area contributed by atoms with Crippen LogP contribution in [0.5, 0.6) is 0 Å². The first-order valence-corrected chi connectivity index (χ1v) is 17.7. The highest BCUT2D eigenvalue weighted by Gasteiger charge is 2.38. The number of thiazole rings is 1. The fourth-order valence-corrected chi connectivity index (χ4v) is 7.35. The molecule has 0 aliphatic carbocycles. The van der Waals surface area contributed by atoms with E-state index in [1.54, 1.807) is 24.5 Å². The summed E-state index contributed by atoms with van der Waals surface area (Å²) in [6.45, 7) is 11.3. The summed E-state index contributed by atoms with van der Waals surface area (Å²) >= 11 is 1.39. The molecule has 0 spiro atoms. The van der Waals surface area contributed by atoms with Crippen molar-refractivity contribution in [1.82, 2.24) is 20.1 Å². The predicted molar refractivity (Wildman–Crippen MR) is 184 cm³/mol. The molecule has 1 aliphatic rings. The van der Waals surface area contributed by atoms with Gasteiger partial charge in [0.15, 0.2) is 5.78 Å². The van der Waals surface area contributed by atoms with E-state index in [1.165, 1.54) is 11.3 Å². The van der Waals surface area contributed by atoms with Crippen LogP contribution in [0.4, 0.5) is 0 Å². The summed E-state index contributed by atoms with van der Waals surface area (Å²) in [6, 6.07) is 9.65. The first kappa shape index (κ1) is 37.8. The third kappa shape index (κ3) is 10.4. The number of hydrogen-bond donors (Lipinski definition) is 1. The van der Waals surface area contributed by atoms with Crippen LogP contribution in [-0.2, 0) is 25.5 Å². The fraction of sp³-hybridized carbons (Fsp3) is 0.667. The molecule has 2 aromatic rings. The van der Waals surface area contributed by atoms with Crippen molar-refractivity contribution >= 4 is 28.9 Å². The van der Waals surface area contributed by atoms with Gasteiger partial charge in [0.2, 0.25) is 5.91 Å². The van der Waals surface area contributed by atoms with Gasteiger partial charge in [-0.05, 0) is 57.2 Å². The van der Waals surface area contributed by atoms with Gasteiger partial charge in [0, 0.05) is 50.4 Å². The maximum atomic E-state index is 14.4. The quantitative estimate of drug-likeness (QED) is 0.192. The monoisotopic (exact) mass is 656 g/mol. The average Bonchev–Trinajstić information content (AvgIpc) is 3.53. The second kappa shape index (κ2) is 18.6. The topological polar surface area (TPSA) is 101 Å². The smallest absolute Gasteiger partial charge is 0.270 e. The Morgan fingerprint density at radius 2 is 1.83 bits per heavy atom. The summed E-state index contributed by atoms with van der Waals surface area (Å²) < 4.78 is 11.5. The number of rotatable bonds is 18. The van der Waals surface area contributed by atoms with E-state index in [4.69, 9.17) is 9.47 Å². The van der Waals surface area contributed by atoms with Crippen molar-refractivity contribution in [2.75, 3.05) is 34.5 Å². The normalized spacial score (nSPS) is 18.8. The molecule has 0 saturated carbocycles. The van der Waals surface area contributed by atoms with Crippen LogP contribution in [0.2, 0.25) is 0 Å². The van der Waals surface area contributed by atoms with Gasteiger partial charge in [0.1, 0.15) is 23.5 Å². The van der Waals surface area contributed by atoms with E-state index in [-0.39, 0.29) is 60.7 Å². The van der Waals surface area contributed by atoms with Crippen LogP contribution in [-0.4, -0.2) is 85.0 Å². The standard InChI is InChI=1S/C36H56N4O5S/c1-9-25(4)28(20-32(41)30-17-13-14-18-39(30)6)36(43)40(23-44-7)31(24(2)3)21-33(45-8)35-38-29(22-46-35)34(42)37-26(5)19-27-15-11-10-12-16-27/h10-12,15-16,22,24-26,28,30-31,33H,9,13-14,17-21,23H2,1-8H3,(H,37,42)/t25-,26+,28-,30+,31+,33+/m0/s1. The number of amides is 2. The molecule has 2 amide bonds. The van der Waals surface area contributed by atoms with Crippen LogP contribution in [0.25, 0.3) is 0 Å². The number of ketones is 1. The fourth-order valence-electron chi connectivity index (χ4n) is 6.46. The molecule has 1 aromatic carbocycles. The number of aromatic nitrogens is 1. The second-order valence-electron chi connectivity index (χ2n) is 13.3. The molecule has 9 nitrogen and oxygen atoms in total. The summed E-state index contributed by atoms with van der Waals surface area (Å²) in [5, 5.41) is 5.51. The molecule has 2 heterocycles. The number of likely N-dealkylation sites (N-methyl/N-ethyl adjacent to an activating group) is 1. The SMILES string of the molecule is CC[C@H](C)[C@H](CC(=O)[C@H]1CCCCN1C)C(=O)N(COC)[C@H](C[C@@H](OC)c1nc(C(=O)N[C@H](C)Cc2ccccc2)cs1)C(C)C. The number of piperidine rings is 1. The Morgan fingerprint density at radius 1 is 1.11 bits per heavy atom. The van der Waals surface area contributed by atoms with Gasteiger partial charge in [0.05, 0.1) is 6.04 Å². The summed E-state index contributed by atoms with van der Waals surface area (Å²) in [6.07, 6.45) is 4.81. The molecule has 1 aliphatic heterocycles. The van der Waals surface area contributed by atoms with E-state index in [0.717, 1.165) is 44.2 Å². The molecule has 256 valence electrons. The molecule has 10 heteroatoms. The van der Waals surface area contributed by atoms with Gasteiger partial charge >= 0.3 is 0 Å². The maximum Gasteiger partial charge on any atom is 0.270 e. The molecule has 1 fully saturated rings. The molecular formula is C36H56N4O5S. The van der Waals surface area contributed by atoms with Crippen molar-refractivity contribution in [3.63, 3.8) is 0 Å². The molecule has 0 unspecified atom stereocenters. The van der Waals surface area contributed by atoms with E-state index in [1.807, 2.05) is 44.3 Å². The number of nitrogens with zero attached hydrogens (tertiary/aromatic N) is 3. The number of methoxy groups -OCH3 is 2. The molecule has 3 rings (SSSR count). The Labute approximate surface area is 280 Å². The van der Waals surface area contributed by atoms with Crippen molar-refractivity contribution < 1.29 is 23.9 Å². The first-order chi connectivity index (χ1) is 22.0. The summed E-state index contributed by atoms with van der Waals surface area (Å²) in [5.74, 6) is -0.430. The number of Topliss-reactive ketones (excluding diaryl/α,β-unsaturated/α-hetero) is 1. The van der Waals surface area contributed by atoms with E-state index in [9.17, 15) is 14.4 Å². The van der Waals surface area contributed by atoms with Gasteiger partial charge in [-0.25, -0.2) is 4.98 Å². The van der Waals surface area contributed by atoms with Gasteiger partial charge < -0.3 is 19.7 Å². The number of carbonyl (C=O) groups is 3. The zero-order valence-corrected chi connectivity index (χ0v) is 30.0. The highest BCUT2D eigenvalue weighted by molar-refractivity contribution is 7.09. The summed E-state index contributed by atoms with van der Waals surface area (Å²) in [4.78, 5) is 49.6. The lowest BCUT2D eigenvalue weighted by Gasteiger charge is -2.39. The lowest BCUT2D eigenvalue weighted by Crippen LogP contribution is -2.50. The number of likely N-dealkylation sites (tertiary alicyclic amines) is 1. The van der Waals surface area contributed by atoms with Crippen LogP contribution in [0.3, 0.4) is 0 Å². The number of hydrogen-bond acceptors (Lipinski definition) is 8. The van der Waals surface area contributed by atoms with Crippen molar-refractivity contribution in [2.45, 2.75) is 104 Å². The van der Waals surface area contributed by atoms with E-state index in [2.05, 4.69) is 42.9 Å². The van der Waals surface area contributed by atoms with E-state index < -0.39 is 12.0 Å². The molecule has 0 radical (unpaired) electrons. The third-order valence-electron chi connectivity index (χ3n) is 9.46. The van der Waals surface area contributed by atoms with Gasteiger partial charge in [-0.1, -0.05) is 70.9 Å². The van der Waals surface area contributed by atoms with Gasteiger partial charge in [0.25, 0.3) is 5.91 Å². The molecular weight excluding hydrogens is 600 g/mol. The minimum absolute atomic E-state index is 0.0417. The van der Waals surface area contributed by atoms with E-state index >= 15 is 0 Å². The van der Waals surface area contributed by atoms with Crippen molar-refractivity contribution in [3.05, 3.63) is 52.0 Å². The van der Waals surface area contributed by atoms with Crippen LogP contribution >= 0.6 is 11.3 Å². The molecule has 1 aromatic heterocycles. The van der Waals surface area contributed by atoms with Crippen molar-refractivity contribution in [2.24, 2.45) is 17.8 Å². The second-order valence-corrected chi connectivity index (χ2v) is 14.2. The Bertz CT molecular complexity index is 1240. The number of benzene rings is 1. The molecule has 6 atom stereocenters. The third-order valence-corrected chi connectivity index (χ3v) is 10.4. The highest BCUT2D eigenvalue weighted by Crippen LogP contribution is 2.33. The number of ether oxygens (including phenoxy) is 2. The summed E-state index contributed by atoms with van der Waals surface area (Å²) in [7, 11) is 5.24. The maximum absolute atomic E-state index is 14.4. The Kier molecular flexibility index (Phi) is 15.3. The Balaban J connectivity index is 1.76. The van der Waals surface area contributed by atoms with Crippen LogP contribution in [0, 0.1) is 17.8 Å². The number of carbonyl (C=O) groups excluding carboxylic acids is 3. The largest absolute Gasteiger partial charge is 0.374 e. The molecule has 1 saturated heterocycles. The van der Waals surface area contributed by atoms with Crippen molar-refractivity contribution in [1.29, 1.82) is 0 Å². The molecule has 1 N–H and O–H groups in total. The van der Waals surface area contributed by atoms with Gasteiger partial charge in [-0.3, -0.25) is 19.3 Å². The zero-order chi connectivity index (χ0) is 33.8. The van der Waals surface area contributed by atoms with Gasteiger partial charge in [-0.15, -0.1) is 11.3 Å². The molecule has 0 bridgehead atoms. The lowest BCUT2D eigenvalue weighted by molar-refractivity contribution is -0.150.